The first-order valence-corrected chi connectivity index (χ1v) is 8.91. The SMILES string of the molecule is CCOc1ccc(NC(=O)CN[C@@H](C)c2cccc3ccccc23)cc1. The summed E-state index contributed by atoms with van der Waals surface area (Å²) < 4.78 is 5.40. The highest BCUT2D eigenvalue weighted by atomic mass is 16.5. The number of anilines is 1. The lowest BCUT2D eigenvalue weighted by Gasteiger charge is -2.16. The second-order valence-electron chi connectivity index (χ2n) is 6.18. The summed E-state index contributed by atoms with van der Waals surface area (Å²) >= 11 is 0. The van der Waals surface area contributed by atoms with Gasteiger partial charge in [-0.05, 0) is 54.4 Å². The largest absolute Gasteiger partial charge is 0.494 e. The van der Waals surface area contributed by atoms with Gasteiger partial charge in [-0.25, -0.2) is 0 Å². The zero-order valence-corrected chi connectivity index (χ0v) is 15.2. The van der Waals surface area contributed by atoms with Crippen LogP contribution in [-0.4, -0.2) is 19.1 Å². The maximum atomic E-state index is 12.2. The predicted octanol–water partition coefficient (Wildman–Crippen LogP) is 4.53. The molecule has 0 aliphatic rings. The van der Waals surface area contributed by atoms with Crippen molar-refractivity contribution >= 4 is 22.4 Å². The molecule has 0 heterocycles. The topological polar surface area (TPSA) is 50.4 Å². The van der Waals surface area contributed by atoms with Crippen LogP contribution >= 0.6 is 0 Å². The van der Waals surface area contributed by atoms with Crippen molar-refractivity contribution in [1.82, 2.24) is 5.32 Å². The Hall–Kier alpha value is -2.85. The van der Waals surface area contributed by atoms with Crippen molar-refractivity contribution in [2.75, 3.05) is 18.5 Å². The lowest BCUT2D eigenvalue weighted by atomic mass is 10.00. The molecule has 0 aliphatic carbocycles. The van der Waals surface area contributed by atoms with E-state index in [1.165, 1.54) is 16.3 Å². The number of benzene rings is 3. The Kier molecular flexibility index (Phi) is 5.87. The van der Waals surface area contributed by atoms with E-state index in [2.05, 4.69) is 47.9 Å². The van der Waals surface area contributed by atoms with Crippen molar-refractivity contribution < 1.29 is 9.53 Å². The van der Waals surface area contributed by atoms with Gasteiger partial charge in [0.2, 0.25) is 5.91 Å². The highest BCUT2D eigenvalue weighted by Crippen LogP contribution is 2.24. The van der Waals surface area contributed by atoms with Crippen LogP contribution < -0.4 is 15.4 Å². The van der Waals surface area contributed by atoms with Crippen LogP contribution in [0.3, 0.4) is 0 Å². The van der Waals surface area contributed by atoms with Crippen LogP contribution in [0.15, 0.2) is 66.7 Å². The highest BCUT2D eigenvalue weighted by Gasteiger charge is 2.10. The minimum Gasteiger partial charge on any atom is -0.494 e. The summed E-state index contributed by atoms with van der Waals surface area (Å²) in [6.07, 6.45) is 0. The van der Waals surface area contributed by atoms with Crippen LogP contribution in [0.5, 0.6) is 5.75 Å². The average Bonchev–Trinajstić information content (AvgIpc) is 2.67. The fourth-order valence-corrected chi connectivity index (χ4v) is 2.99. The van der Waals surface area contributed by atoms with Gasteiger partial charge in [0, 0.05) is 11.7 Å². The second-order valence-corrected chi connectivity index (χ2v) is 6.18. The average molecular weight is 348 g/mol. The van der Waals surface area contributed by atoms with Gasteiger partial charge in [-0.15, -0.1) is 0 Å². The first-order valence-electron chi connectivity index (χ1n) is 8.91. The minimum absolute atomic E-state index is 0.0683. The third kappa shape index (κ3) is 4.41. The summed E-state index contributed by atoms with van der Waals surface area (Å²) in [6.45, 7) is 4.89. The quantitative estimate of drug-likeness (QED) is 0.660. The summed E-state index contributed by atoms with van der Waals surface area (Å²) in [5.41, 5.74) is 1.95. The number of carbonyl (C=O) groups excluding carboxylic acids is 1. The molecule has 3 aromatic rings. The predicted molar refractivity (Wildman–Crippen MR) is 107 cm³/mol. The van der Waals surface area contributed by atoms with Gasteiger partial charge in [-0.1, -0.05) is 42.5 Å². The smallest absolute Gasteiger partial charge is 0.238 e. The van der Waals surface area contributed by atoms with E-state index in [-0.39, 0.29) is 18.5 Å². The van der Waals surface area contributed by atoms with E-state index in [0.717, 1.165) is 11.4 Å². The summed E-state index contributed by atoms with van der Waals surface area (Å²) in [6, 6.07) is 22.0. The highest BCUT2D eigenvalue weighted by molar-refractivity contribution is 5.92. The van der Waals surface area contributed by atoms with Gasteiger partial charge in [0.05, 0.1) is 13.2 Å². The van der Waals surface area contributed by atoms with Gasteiger partial charge in [0.1, 0.15) is 5.75 Å². The van der Waals surface area contributed by atoms with Crippen LogP contribution in [0.4, 0.5) is 5.69 Å². The van der Waals surface area contributed by atoms with Crippen molar-refractivity contribution in [1.29, 1.82) is 0 Å². The summed E-state index contributed by atoms with van der Waals surface area (Å²) in [5, 5.41) is 8.62. The van der Waals surface area contributed by atoms with E-state index in [9.17, 15) is 4.79 Å². The monoisotopic (exact) mass is 348 g/mol. The number of nitrogens with one attached hydrogen (secondary N) is 2. The number of fused-ring (bicyclic) bond motifs is 1. The van der Waals surface area contributed by atoms with E-state index in [0.29, 0.717) is 6.61 Å². The molecule has 0 unspecified atom stereocenters. The van der Waals surface area contributed by atoms with E-state index in [1.807, 2.05) is 43.3 Å². The lowest BCUT2D eigenvalue weighted by molar-refractivity contribution is -0.115. The van der Waals surface area contributed by atoms with Crippen molar-refractivity contribution in [3.63, 3.8) is 0 Å². The molecule has 0 bridgehead atoms. The molecule has 4 nitrogen and oxygen atoms in total. The van der Waals surface area contributed by atoms with Crippen LogP contribution in [-0.2, 0) is 4.79 Å². The molecule has 0 saturated carbocycles. The molecule has 134 valence electrons. The Morgan fingerprint density at radius 3 is 2.50 bits per heavy atom. The lowest BCUT2D eigenvalue weighted by Crippen LogP contribution is -2.30. The molecule has 0 radical (unpaired) electrons. The van der Waals surface area contributed by atoms with Gasteiger partial charge in [0.25, 0.3) is 0 Å². The fraction of sp³-hybridized carbons (Fsp3) is 0.227. The third-order valence-electron chi connectivity index (χ3n) is 4.31. The summed E-state index contributed by atoms with van der Waals surface area (Å²) in [4.78, 5) is 12.2. The second kappa shape index (κ2) is 8.50. The van der Waals surface area contributed by atoms with Crippen LogP contribution in [0, 0.1) is 0 Å². The Morgan fingerprint density at radius 2 is 1.73 bits per heavy atom. The van der Waals surface area contributed by atoms with Crippen LogP contribution in [0.25, 0.3) is 10.8 Å². The van der Waals surface area contributed by atoms with E-state index in [4.69, 9.17) is 4.74 Å². The van der Waals surface area contributed by atoms with Crippen molar-refractivity contribution in [3.8, 4) is 5.75 Å². The third-order valence-corrected chi connectivity index (χ3v) is 4.31. The van der Waals surface area contributed by atoms with E-state index in [1.54, 1.807) is 0 Å². The van der Waals surface area contributed by atoms with Gasteiger partial charge in [-0.3, -0.25) is 4.79 Å². The Bertz CT molecular complexity index is 869. The van der Waals surface area contributed by atoms with Crippen molar-refractivity contribution in [3.05, 3.63) is 72.3 Å². The molecule has 4 heteroatoms. The zero-order chi connectivity index (χ0) is 18.4. The standard InChI is InChI=1S/C22H24N2O2/c1-3-26-19-13-11-18(12-14-19)24-22(25)15-23-16(2)20-10-6-8-17-7-4-5-9-21(17)20/h4-14,16,23H,3,15H2,1-2H3,(H,24,25)/t16-/m0/s1. The first-order chi connectivity index (χ1) is 12.7. The summed E-state index contributed by atoms with van der Waals surface area (Å²) in [7, 11) is 0. The molecule has 0 aromatic heterocycles. The Balaban J connectivity index is 1.58. The molecule has 0 fully saturated rings. The van der Waals surface area contributed by atoms with Gasteiger partial charge < -0.3 is 15.4 Å². The molecular weight excluding hydrogens is 324 g/mol. The number of carbonyl (C=O) groups is 1. The number of amides is 1. The van der Waals surface area contributed by atoms with E-state index >= 15 is 0 Å². The molecule has 3 aromatic carbocycles. The number of ether oxygens (including phenoxy) is 1. The van der Waals surface area contributed by atoms with Crippen LogP contribution in [0.2, 0.25) is 0 Å². The molecule has 0 aliphatic heterocycles. The maximum absolute atomic E-state index is 12.2. The molecule has 0 saturated heterocycles. The van der Waals surface area contributed by atoms with Crippen LogP contribution in [0.1, 0.15) is 25.5 Å². The molecule has 1 atom stereocenters. The molecule has 26 heavy (non-hydrogen) atoms. The number of rotatable bonds is 7. The normalized spacial score (nSPS) is 11.9. The Morgan fingerprint density at radius 1 is 1.00 bits per heavy atom. The van der Waals surface area contributed by atoms with Gasteiger partial charge in [0.15, 0.2) is 0 Å². The van der Waals surface area contributed by atoms with Gasteiger partial charge >= 0.3 is 0 Å². The Labute approximate surface area is 154 Å². The molecule has 2 N–H and O–H groups in total. The molecule has 0 spiro atoms. The van der Waals surface area contributed by atoms with Crippen molar-refractivity contribution in [2.45, 2.75) is 19.9 Å². The maximum Gasteiger partial charge on any atom is 0.238 e. The molecule has 1 amide bonds. The van der Waals surface area contributed by atoms with E-state index < -0.39 is 0 Å². The number of hydrogen-bond donors (Lipinski definition) is 2. The zero-order valence-electron chi connectivity index (χ0n) is 15.2. The van der Waals surface area contributed by atoms with Gasteiger partial charge in [-0.2, -0.15) is 0 Å². The summed E-state index contributed by atoms with van der Waals surface area (Å²) in [5.74, 6) is 0.731. The minimum atomic E-state index is -0.0683. The molecular formula is C22H24N2O2. The first kappa shape index (κ1) is 18.0. The molecule has 3 rings (SSSR count). The number of hydrogen-bond acceptors (Lipinski definition) is 3. The van der Waals surface area contributed by atoms with Crippen molar-refractivity contribution in [2.24, 2.45) is 0 Å². The fourth-order valence-electron chi connectivity index (χ4n) is 2.99.